The lowest BCUT2D eigenvalue weighted by molar-refractivity contribution is 0.255. The zero-order valence-electron chi connectivity index (χ0n) is 10.6. The number of nitrogens with zero attached hydrogens (tertiary/aromatic N) is 1. The summed E-state index contributed by atoms with van der Waals surface area (Å²) in [5.41, 5.74) is 2.90. The molecular weight excluding hydrogens is 228 g/mol. The highest BCUT2D eigenvalue weighted by Gasteiger charge is 2.08. The summed E-state index contributed by atoms with van der Waals surface area (Å²) in [6.07, 6.45) is 0. The van der Waals surface area contributed by atoms with Gasteiger partial charge in [0.05, 0.1) is 0 Å². The predicted octanol–water partition coefficient (Wildman–Crippen LogP) is 2.13. The Kier molecular flexibility index (Phi) is 5.36. The molecule has 1 fully saturated rings. The second kappa shape index (κ2) is 7.04. The van der Waals surface area contributed by atoms with E-state index >= 15 is 0 Å². The van der Waals surface area contributed by atoms with Crippen molar-refractivity contribution in [2.45, 2.75) is 12.7 Å². The minimum atomic E-state index is 1.15. The fraction of sp³-hybridized carbons (Fsp3) is 0.571. The lowest BCUT2D eigenvalue weighted by Crippen LogP contribution is -2.44. The maximum Gasteiger partial charge on any atom is 0.0187 e. The number of piperazine rings is 1. The Hall–Kier alpha value is -0.510. The molecular formula is C14H22N2S. The van der Waals surface area contributed by atoms with E-state index in [4.69, 9.17) is 0 Å². The minimum Gasteiger partial charge on any atom is -0.314 e. The van der Waals surface area contributed by atoms with Crippen molar-refractivity contribution in [1.29, 1.82) is 0 Å². The van der Waals surface area contributed by atoms with Crippen molar-refractivity contribution < 1.29 is 0 Å². The molecule has 0 radical (unpaired) electrons. The van der Waals surface area contributed by atoms with E-state index in [9.17, 15) is 0 Å². The fourth-order valence-corrected chi connectivity index (χ4v) is 3.16. The van der Waals surface area contributed by atoms with Crippen molar-refractivity contribution in [3.05, 3.63) is 35.4 Å². The van der Waals surface area contributed by atoms with Gasteiger partial charge in [-0.2, -0.15) is 11.8 Å². The van der Waals surface area contributed by atoms with Gasteiger partial charge >= 0.3 is 0 Å². The first-order chi connectivity index (χ1) is 8.36. The number of thioether (sulfide) groups is 1. The molecule has 2 rings (SSSR count). The molecule has 1 N–H and O–H groups in total. The maximum absolute atomic E-state index is 3.39. The van der Waals surface area contributed by atoms with Crippen LogP contribution in [0, 0.1) is 6.92 Å². The molecule has 1 aliphatic heterocycles. The quantitative estimate of drug-likeness (QED) is 0.806. The molecule has 3 heteroatoms. The second-order valence-corrected chi connectivity index (χ2v) is 5.68. The van der Waals surface area contributed by atoms with Gasteiger partial charge in [0.15, 0.2) is 0 Å². The van der Waals surface area contributed by atoms with Crippen LogP contribution in [-0.2, 0) is 5.75 Å². The number of benzene rings is 1. The fourth-order valence-electron chi connectivity index (χ4n) is 2.08. The first-order valence-electron chi connectivity index (χ1n) is 6.41. The van der Waals surface area contributed by atoms with Crippen molar-refractivity contribution in [2.75, 3.05) is 38.5 Å². The zero-order valence-corrected chi connectivity index (χ0v) is 11.4. The highest BCUT2D eigenvalue weighted by atomic mass is 32.2. The largest absolute Gasteiger partial charge is 0.314 e. The van der Waals surface area contributed by atoms with Gasteiger partial charge in [-0.05, 0) is 18.1 Å². The van der Waals surface area contributed by atoms with E-state index in [2.05, 4.69) is 53.2 Å². The van der Waals surface area contributed by atoms with E-state index in [0.717, 1.165) is 18.8 Å². The number of hydrogen-bond acceptors (Lipinski definition) is 3. The molecule has 0 aromatic heterocycles. The summed E-state index contributed by atoms with van der Waals surface area (Å²) >= 11 is 2.05. The van der Waals surface area contributed by atoms with Crippen LogP contribution in [0.3, 0.4) is 0 Å². The van der Waals surface area contributed by atoms with Crippen LogP contribution in [0.2, 0.25) is 0 Å². The summed E-state index contributed by atoms with van der Waals surface area (Å²) in [6, 6.07) is 8.70. The van der Waals surface area contributed by atoms with Gasteiger partial charge < -0.3 is 5.32 Å². The normalized spacial score (nSPS) is 17.2. The van der Waals surface area contributed by atoms with Gasteiger partial charge in [-0.1, -0.05) is 24.3 Å². The molecule has 1 aliphatic rings. The van der Waals surface area contributed by atoms with Crippen LogP contribution in [0.25, 0.3) is 0 Å². The Balaban J connectivity index is 1.64. The third kappa shape index (κ3) is 4.34. The summed E-state index contributed by atoms with van der Waals surface area (Å²) in [5, 5.41) is 3.39. The summed E-state index contributed by atoms with van der Waals surface area (Å²) < 4.78 is 0. The highest BCUT2D eigenvalue weighted by molar-refractivity contribution is 7.98. The molecule has 0 saturated carbocycles. The van der Waals surface area contributed by atoms with E-state index in [-0.39, 0.29) is 0 Å². The van der Waals surface area contributed by atoms with Crippen LogP contribution in [0.5, 0.6) is 0 Å². The SMILES string of the molecule is Cc1ccccc1CSCCN1CCNCC1. The zero-order chi connectivity index (χ0) is 11.9. The number of rotatable bonds is 5. The van der Waals surface area contributed by atoms with Gasteiger partial charge in [0, 0.05) is 44.2 Å². The van der Waals surface area contributed by atoms with Gasteiger partial charge in [0.2, 0.25) is 0 Å². The van der Waals surface area contributed by atoms with Crippen LogP contribution in [0.4, 0.5) is 0 Å². The van der Waals surface area contributed by atoms with Crippen LogP contribution >= 0.6 is 11.8 Å². The van der Waals surface area contributed by atoms with Gasteiger partial charge in [-0.3, -0.25) is 4.90 Å². The van der Waals surface area contributed by atoms with Crippen LogP contribution in [0.1, 0.15) is 11.1 Å². The molecule has 0 bridgehead atoms. The lowest BCUT2D eigenvalue weighted by atomic mass is 10.1. The average molecular weight is 250 g/mol. The standard InChI is InChI=1S/C14H22N2S/c1-13-4-2-3-5-14(13)12-17-11-10-16-8-6-15-7-9-16/h2-5,15H,6-12H2,1H3. The van der Waals surface area contributed by atoms with Crippen molar-refractivity contribution in [3.8, 4) is 0 Å². The Morgan fingerprint density at radius 2 is 2.00 bits per heavy atom. The lowest BCUT2D eigenvalue weighted by Gasteiger charge is -2.26. The monoisotopic (exact) mass is 250 g/mol. The molecule has 0 spiro atoms. The number of aryl methyl sites for hydroxylation is 1. The van der Waals surface area contributed by atoms with E-state index in [1.54, 1.807) is 0 Å². The maximum atomic E-state index is 3.39. The first kappa shape index (κ1) is 12.9. The highest BCUT2D eigenvalue weighted by Crippen LogP contribution is 2.15. The van der Waals surface area contributed by atoms with Crippen LogP contribution in [0.15, 0.2) is 24.3 Å². The van der Waals surface area contributed by atoms with Crippen molar-refractivity contribution in [2.24, 2.45) is 0 Å². The van der Waals surface area contributed by atoms with Crippen molar-refractivity contribution in [1.82, 2.24) is 10.2 Å². The van der Waals surface area contributed by atoms with Gasteiger partial charge in [0.25, 0.3) is 0 Å². The van der Waals surface area contributed by atoms with Gasteiger partial charge in [0.1, 0.15) is 0 Å². The second-order valence-electron chi connectivity index (χ2n) is 4.57. The summed E-state index contributed by atoms with van der Waals surface area (Å²) in [5.74, 6) is 2.40. The van der Waals surface area contributed by atoms with E-state index < -0.39 is 0 Å². The van der Waals surface area contributed by atoms with E-state index in [1.807, 2.05) is 0 Å². The topological polar surface area (TPSA) is 15.3 Å². The summed E-state index contributed by atoms with van der Waals surface area (Å²) in [7, 11) is 0. The van der Waals surface area contributed by atoms with E-state index in [1.165, 1.54) is 36.5 Å². The van der Waals surface area contributed by atoms with Crippen LogP contribution < -0.4 is 5.32 Å². The number of hydrogen-bond donors (Lipinski definition) is 1. The van der Waals surface area contributed by atoms with Gasteiger partial charge in [-0.15, -0.1) is 0 Å². The third-order valence-electron chi connectivity index (χ3n) is 3.28. The van der Waals surface area contributed by atoms with Crippen LogP contribution in [-0.4, -0.2) is 43.4 Å². The van der Waals surface area contributed by atoms with E-state index in [0.29, 0.717) is 0 Å². The van der Waals surface area contributed by atoms with Gasteiger partial charge in [-0.25, -0.2) is 0 Å². The predicted molar refractivity (Wildman–Crippen MR) is 76.7 cm³/mol. The Morgan fingerprint density at radius 3 is 2.76 bits per heavy atom. The summed E-state index contributed by atoms with van der Waals surface area (Å²) in [6.45, 7) is 8.17. The molecule has 2 nitrogen and oxygen atoms in total. The molecule has 1 heterocycles. The molecule has 1 saturated heterocycles. The van der Waals surface area contributed by atoms with Crippen molar-refractivity contribution >= 4 is 11.8 Å². The third-order valence-corrected chi connectivity index (χ3v) is 4.27. The smallest absolute Gasteiger partial charge is 0.0187 e. The van der Waals surface area contributed by atoms with Crippen molar-refractivity contribution in [3.63, 3.8) is 0 Å². The molecule has 1 aromatic rings. The average Bonchev–Trinajstić information content (AvgIpc) is 2.38. The number of nitrogens with one attached hydrogen (secondary N) is 1. The molecule has 0 amide bonds. The Bertz CT molecular complexity index is 335. The molecule has 17 heavy (non-hydrogen) atoms. The molecule has 0 aliphatic carbocycles. The first-order valence-corrected chi connectivity index (χ1v) is 7.57. The minimum absolute atomic E-state index is 1.15. The summed E-state index contributed by atoms with van der Waals surface area (Å²) in [4.78, 5) is 2.56. The molecule has 0 atom stereocenters. The molecule has 0 unspecified atom stereocenters. The Morgan fingerprint density at radius 1 is 1.24 bits per heavy atom. The Labute approximate surface area is 109 Å². The molecule has 1 aromatic carbocycles. The molecule has 94 valence electrons.